The Balaban J connectivity index is 1.46. The molecule has 0 saturated carbocycles. The second kappa shape index (κ2) is 12.8. The van der Waals surface area contributed by atoms with Gasteiger partial charge < -0.3 is 19.8 Å². The molecule has 1 saturated heterocycles. The number of benzene rings is 2. The Hall–Kier alpha value is -3.12. The monoisotopic (exact) mass is 451 g/mol. The summed E-state index contributed by atoms with van der Waals surface area (Å²) in [5.74, 6) is 0.883. The number of ether oxygens (including phenoxy) is 1. The highest BCUT2D eigenvalue weighted by atomic mass is 16.5. The average Bonchev–Trinajstić information content (AvgIpc) is 3.15. The molecule has 2 atom stereocenters. The molecule has 0 bridgehead atoms. The lowest BCUT2D eigenvalue weighted by Crippen LogP contribution is -2.32. The third-order valence-corrected chi connectivity index (χ3v) is 5.79. The van der Waals surface area contributed by atoms with Crippen LogP contribution < -0.4 is 4.74 Å². The van der Waals surface area contributed by atoms with Crippen molar-refractivity contribution in [3.05, 3.63) is 72.3 Å². The number of nitrogens with zero attached hydrogens (tertiary/aromatic N) is 1. The molecule has 1 heterocycles. The number of hydrogen-bond donors (Lipinski definition) is 2. The lowest BCUT2D eigenvalue weighted by molar-refractivity contribution is -0.137. The fourth-order valence-electron chi connectivity index (χ4n) is 4.08. The highest BCUT2D eigenvalue weighted by molar-refractivity contribution is 5.79. The Kier molecular flexibility index (Phi) is 9.51. The summed E-state index contributed by atoms with van der Waals surface area (Å²) in [4.78, 5) is 24.7. The van der Waals surface area contributed by atoms with Crippen LogP contribution in [0, 0.1) is 0 Å². The van der Waals surface area contributed by atoms with E-state index in [-0.39, 0.29) is 18.4 Å². The molecule has 2 aromatic rings. The van der Waals surface area contributed by atoms with E-state index in [2.05, 4.69) is 0 Å². The van der Waals surface area contributed by atoms with Crippen LogP contribution in [0.2, 0.25) is 0 Å². The molecule has 1 amide bonds. The number of aliphatic carboxylic acids is 1. The summed E-state index contributed by atoms with van der Waals surface area (Å²) in [6, 6.07) is 17.3. The van der Waals surface area contributed by atoms with E-state index in [0.717, 1.165) is 42.7 Å². The van der Waals surface area contributed by atoms with Gasteiger partial charge in [0.15, 0.2) is 0 Å². The summed E-state index contributed by atoms with van der Waals surface area (Å²) in [5.41, 5.74) is 0.973. The van der Waals surface area contributed by atoms with Gasteiger partial charge in [0, 0.05) is 25.8 Å². The minimum absolute atomic E-state index is 0.0129. The summed E-state index contributed by atoms with van der Waals surface area (Å²) in [6.45, 7) is 0.676. The molecular formula is C27H33NO5. The molecule has 0 aromatic heterocycles. The number of aliphatic hydroxyl groups is 1. The van der Waals surface area contributed by atoms with E-state index in [1.165, 1.54) is 0 Å². The first kappa shape index (κ1) is 24.5. The van der Waals surface area contributed by atoms with Gasteiger partial charge >= 0.3 is 5.97 Å². The van der Waals surface area contributed by atoms with Crippen LogP contribution in [0.15, 0.2) is 66.7 Å². The summed E-state index contributed by atoms with van der Waals surface area (Å²) < 4.78 is 5.87. The van der Waals surface area contributed by atoms with E-state index in [9.17, 15) is 14.7 Å². The van der Waals surface area contributed by atoms with Crippen molar-refractivity contribution in [2.75, 3.05) is 6.54 Å². The van der Waals surface area contributed by atoms with E-state index in [1.807, 2.05) is 65.6 Å². The molecule has 0 aliphatic carbocycles. The zero-order valence-corrected chi connectivity index (χ0v) is 18.9. The minimum atomic E-state index is -0.760. The van der Waals surface area contributed by atoms with E-state index in [0.29, 0.717) is 25.8 Å². The summed E-state index contributed by atoms with van der Waals surface area (Å²) in [7, 11) is 0. The van der Waals surface area contributed by atoms with Gasteiger partial charge in [-0.05, 0) is 49.1 Å². The zero-order chi connectivity index (χ0) is 23.5. The third kappa shape index (κ3) is 8.39. The van der Waals surface area contributed by atoms with Crippen molar-refractivity contribution in [1.29, 1.82) is 0 Å². The molecule has 176 valence electrons. The quantitative estimate of drug-likeness (QED) is 0.332. The largest absolute Gasteiger partial charge is 0.481 e. The first-order valence-electron chi connectivity index (χ1n) is 11.7. The smallest absolute Gasteiger partial charge is 0.303 e. The standard InChI is InChI=1S/C27H33NO5/c29-23(19-21-9-8-12-25(20-21)33-24-10-4-3-5-11-24)16-14-22-15-17-26(30)28(22)18-7-2-1-6-13-27(31)32/h3-5,8-12,14,16,20,22-23,29H,1-2,6-7,13,15,17-19H2,(H,31,32)/t22-,23?/m0/s1. The number of rotatable bonds is 13. The molecule has 1 unspecified atom stereocenters. The number of aliphatic hydroxyl groups excluding tert-OH is 1. The first-order chi connectivity index (χ1) is 16.0. The van der Waals surface area contributed by atoms with E-state index < -0.39 is 12.1 Å². The molecule has 2 N–H and O–H groups in total. The molecule has 6 nitrogen and oxygen atoms in total. The molecule has 3 rings (SSSR count). The summed E-state index contributed by atoms with van der Waals surface area (Å²) in [5, 5.41) is 19.2. The molecule has 6 heteroatoms. The Morgan fingerprint density at radius 3 is 2.61 bits per heavy atom. The van der Waals surface area contributed by atoms with Crippen molar-refractivity contribution in [3.63, 3.8) is 0 Å². The summed E-state index contributed by atoms with van der Waals surface area (Å²) >= 11 is 0. The van der Waals surface area contributed by atoms with Gasteiger partial charge in [0.2, 0.25) is 5.91 Å². The number of hydrogen-bond acceptors (Lipinski definition) is 4. The maximum atomic E-state index is 12.3. The van der Waals surface area contributed by atoms with Crippen molar-refractivity contribution >= 4 is 11.9 Å². The van der Waals surface area contributed by atoms with Crippen LogP contribution in [-0.4, -0.2) is 45.7 Å². The van der Waals surface area contributed by atoms with Gasteiger partial charge in [0.25, 0.3) is 0 Å². The van der Waals surface area contributed by atoms with Crippen LogP contribution >= 0.6 is 0 Å². The zero-order valence-electron chi connectivity index (χ0n) is 18.9. The normalized spacial score (nSPS) is 16.9. The van der Waals surface area contributed by atoms with Gasteiger partial charge in [-0.25, -0.2) is 0 Å². The van der Waals surface area contributed by atoms with Crippen molar-refractivity contribution in [2.45, 2.75) is 63.5 Å². The SMILES string of the molecule is O=C(O)CCCCCCN1C(=O)CC[C@@H]1C=CC(O)Cc1cccc(Oc2ccccc2)c1. The lowest BCUT2D eigenvalue weighted by Gasteiger charge is -2.22. The van der Waals surface area contributed by atoms with Crippen molar-refractivity contribution < 1.29 is 24.5 Å². The third-order valence-electron chi connectivity index (χ3n) is 5.79. The molecule has 1 fully saturated rings. The Morgan fingerprint density at radius 1 is 1.06 bits per heavy atom. The first-order valence-corrected chi connectivity index (χ1v) is 11.7. The molecule has 1 aliphatic rings. The fraction of sp³-hybridized carbons (Fsp3) is 0.407. The van der Waals surface area contributed by atoms with Gasteiger partial charge in [-0.2, -0.15) is 0 Å². The highest BCUT2D eigenvalue weighted by Crippen LogP contribution is 2.23. The number of carbonyl (C=O) groups excluding carboxylic acids is 1. The number of amides is 1. The average molecular weight is 452 g/mol. The maximum Gasteiger partial charge on any atom is 0.303 e. The van der Waals surface area contributed by atoms with Gasteiger partial charge in [0.05, 0.1) is 12.1 Å². The number of carboxylic acids is 1. The number of unbranched alkanes of at least 4 members (excludes halogenated alkanes) is 3. The lowest BCUT2D eigenvalue weighted by atomic mass is 10.1. The molecular weight excluding hydrogens is 418 g/mol. The molecule has 0 spiro atoms. The molecule has 2 aromatic carbocycles. The van der Waals surface area contributed by atoms with Gasteiger partial charge in [-0.1, -0.05) is 55.3 Å². The van der Waals surface area contributed by atoms with Crippen LogP contribution in [0.4, 0.5) is 0 Å². The van der Waals surface area contributed by atoms with Crippen LogP contribution in [0.1, 0.15) is 50.5 Å². The van der Waals surface area contributed by atoms with E-state index in [1.54, 1.807) is 6.08 Å². The highest BCUT2D eigenvalue weighted by Gasteiger charge is 2.28. The fourth-order valence-corrected chi connectivity index (χ4v) is 4.08. The van der Waals surface area contributed by atoms with Gasteiger partial charge in [-0.3, -0.25) is 9.59 Å². The number of likely N-dealkylation sites (tertiary alicyclic amines) is 1. The van der Waals surface area contributed by atoms with Crippen LogP contribution in [-0.2, 0) is 16.0 Å². The van der Waals surface area contributed by atoms with Crippen LogP contribution in [0.3, 0.4) is 0 Å². The van der Waals surface area contributed by atoms with Crippen molar-refractivity contribution in [3.8, 4) is 11.5 Å². The Labute approximate surface area is 195 Å². The molecule has 0 radical (unpaired) electrons. The van der Waals surface area contributed by atoms with E-state index in [4.69, 9.17) is 9.84 Å². The van der Waals surface area contributed by atoms with Crippen LogP contribution in [0.5, 0.6) is 11.5 Å². The second-order valence-corrected chi connectivity index (χ2v) is 8.47. The molecule has 1 aliphatic heterocycles. The van der Waals surface area contributed by atoms with Crippen molar-refractivity contribution in [2.24, 2.45) is 0 Å². The minimum Gasteiger partial charge on any atom is -0.481 e. The predicted octanol–water partition coefficient (Wildman–Crippen LogP) is 4.96. The molecule has 33 heavy (non-hydrogen) atoms. The summed E-state index contributed by atoms with van der Waals surface area (Å²) in [6.07, 6.45) is 8.37. The predicted molar refractivity (Wildman–Crippen MR) is 127 cm³/mol. The number of carboxylic acid groups (broad SMARTS) is 1. The topological polar surface area (TPSA) is 87.1 Å². The van der Waals surface area contributed by atoms with Crippen LogP contribution in [0.25, 0.3) is 0 Å². The van der Waals surface area contributed by atoms with E-state index >= 15 is 0 Å². The van der Waals surface area contributed by atoms with Gasteiger partial charge in [0.1, 0.15) is 11.5 Å². The van der Waals surface area contributed by atoms with Gasteiger partial charge in [-0.15, -0.1) is 0 Å². The number of carbonyl (C=O) groups is 2. The Morgan fingerprint density at radius 2 is 1.82 bits per heavy atom. The Bertz CT molecular complexity index is 927. The van der Waals surface area contributed by atoms with Crippen molar-refractivity contribution in [1.82, 2.24) is 4.90 Å². The maximum absolute atomic E-state index is 12.3. The number of para-hydroxylation sites is 1. The second-order valence-electron chi connectivity index (χ2n) is 8.47.